The van der Waals surface area contributed by atoms with E-state index in [1.807, 2.05) is 0 Å². The molecule has 2 heterocycles. The highest BCUT2D eigenvalue weighted by atomic mass is 79.9. The number of carbonyl (C=O) groups excluding carboxylic acids is 1. The van der Waals surface area contributed by atoms with Crippen LogP contribution in [0.1, 0.15) is 0 Å². The lowest BCUT2D eigenvalue weighted by atomic mass is 10.3. The number of carbonyl (C=O) groups is 2. The Bertz CT molecular complexity index is 453. The van der Waals surface area contributed by atoms with Crippen LogP contribution in [0.5, 0.6) is 0 Å². The summed E-state index contributed by atoms with van der Waals surface area (Å²) in [5.41, 5.74) is 0. The van der Waals surface area contributed by atoms with Crippen LogP contribution in [0, 0.1) is 0 Å². The molecule has 1 unspecified atom stereocenters. The number of aliphatic carboxylic acids is 1. The van der Waals surface area contributed by atoms with Gasteiger partial charge in [0.2, 0.25) is 0 Å². The average molecular weight is 338 g/mol. The van der Waals surface area contributed by atoms with Crippen LogP contribution in [0.4, 0.5) is 9.93 Å². The molecule has 2 N–H and O–H groups in total. The molecular formula is C8H8BrN3O3S2. The van der Waals surface area contributed by atoms with Gasteiger partial charge in [0, 0.05) is 5.75 Å². The number of urea groups is 1. The Morgan fingerprint density at radius 1 is 1.65 bits per heavy atom. The zero-order valence-corrected chi connectivity index (χ0v) is 11.6. The van der Waals surface area contributed by atoms with Crippen molar-refractivity contribution < 1.29 is 14.7 Å². The maximum Gasteiger partial charge on any atom is 0.327 e. The van der Waals surface area contributed by atoms with E-state index in [9.17, 15) is 9.59 Å². The summed E-state index contributed by atoms with van der Waals surface area (Å²) in [6.07, 6.45) is 1.58. The van der Waals surface area contributed by atoms with Gasteiger partial charge in [-0.2, -0.15) is 0 Å². The van der Waals surface area contributed by atoms with Gasteiger partial charge in [0.1, 0.15) is 6.04 Å². The van der Waals surface area contributed by atoms with E-state index in [1.165, 1.54) is 28.0 Å². The molecule has 9 heteroatoms. The van der Waals surface area contributed by atoms with Crippen molar-refractivity contribution in [1.82, 2.24) is 9.88 Å². The van der Waals surface area contributed by atoms with E-state index >= 15 is 0 Å². The highest BCUT2D eigenvalue weighted by Gasteiger charge is 2.34. The Morgan fingerprint density at radius 2 is 2.41 bits per heavy atom. The van der Waals surface area contributed by atoms with Gasteiger partial charge in [0.25, 0.3) is 0 Å². The predicted octanol–water partition coefficient (Wildman–Crippen LogP) is 1.90. The molecule has 1 aromatic rings. The van der Waals surface area contributed by atoms with Crippen LogP contribution in [0.2, 0.25) is 0 Å². The van der Waals surface area contributed by atoms with E-state index < -0.39 is 18.0 Å². The number of carboxylic acids is 1. The SMILES string of the molecule is O=C(O)C1CSCN1C(=O)Nc1ncc(Br)s1. The third kappa shape index (κ3) is 2.90. The van der Waals surface area contributed by atoms with Crippen molar-refractivity contribution in [1.29, 1.82) is 0 Å². The highest BCUT2D eigenvalue weighted by molar-refractivity contribution is 9.11. The Kier molecular flexibility index (Phi) is 3.89. The molecule has 2 amide bonds. The topological polar surface area (TPSA) is 82.5 Å². The summed E-state index contributed by atoms with van der Waals surface area (Å²) in [5, 5.41) is 12.0. The summed E-state index contributed by atoms with van der Waals surface area (Å²) in [6, 6.07) is -1.19. The van der Waals surface area contributed by atoms with Crippen LogP contribution in [0.15, 0.2) is 9.98 Å². The third-order valence-electron chi connectivity index (χ3n) is 2.12. The monoisotopic (exact) mass is 337 g/mol. The van der Waals surface area contributed by atoms with Crippen LogP contribution in [0.3, 0.4) is 0 Å². The lowest BCUT2D eigenvalue weighted by Crippen LogP contribution is -2.43. The number of nitrogens with zero attached hydrogens (tertiary/aromatic N) is 2. The Hall–Kier alpha value is -0.800. The number of nitrogens with one attached hydrogen (secondary N) is 1. The first-order chi connectivity index (χ1) is 8.08. The molecule has 0 aromatic carbocycles. The fourth-order valence-electron chi connectivity index (χ4n) is 1.32. The van der Waals surface area contributed by atoms with E-state index in [1.54, 1.807) is 6.20 Å². The van der Waals surface area contributed by atoms with Crippen molar-refractivity contribution in [2.75, 3.05) is 16.9 Å². The van der Waals surface area contributed by atoms with E-state index in [0.717, 1.165) is 3.79 Å². The molecule has 0 bridgehead atoms. The van der Waals surface area contributed by atoms with Gasteiger partial charge < -0.3 is 10.0 Å². The number of thioether (sulfide) groups is 1. The van der Waals surface area contributed by atoms with E-state index in [0.29, 0.717) is 16.8 Å². The summed E-state index contributed by atoms with van der Waals surface area (Å²) < 4.78 is 0.804. The van der Waals surface area contributed by atoms with Gasteiger partial charge in [-0.1, -0.05) is 11.3 Å². The van der Waals surface area contributed by atoms with Crippen LogP contribution in [-0.2, 0) is 4.79 Å². The number of thiazole rings is 1. The van der Waals surface area contributed by atoms with Crippen LogP contribution in [-0.4, -0.2) is 44.7 Å². The molecule has 1 aliphatic heterocycles. The van der Waals surface area contributed by atoms with Gasteiger partial charge in [-0.3, -0.25) is 5.32 Å². The van der Waals surface area contributed by atoms with Gasteiger partial charge in [-0.25, -0.2) is 14.6 Å². The number of anilines is 1. The second-order valence-electron chi connectivity index (χ2n) is 3.22. The molecule has 0 spiro atoms. The second kappa shape index (κ2) is 5.23. The molecule has 1 atom stereocenters. The van der Waals surface area contributed by atoms with Crippen molar-refractivity contribution in [3.8, 4) is 0 Å². The molecule has 2 rings (SSSR count). The summed E-state index contributed by atoms with van der Waals surface area (Å²) in [4.78, 5) is 28.0. The fourth-order valence-corrected chi connectivity index (χ4v) is 3.56. The van der Waals surface area contributed by atoms with Gasteiger partial charge in [0.05, 0.1) is 15.9 Å². The Balaban J connectivity index is 2.02. The molecule has 1 aromatic heterocycles. The first-order valence-corrected chi connectivity index (χ1v) is 7.34. The van der Waals surface area contributed by atoms with E-state index in [4.69, 9.17) is 5.11 Å². The second-order valence-corrected chi connectivity index (χ2v) is 6.63. The van der Waals surface area contributed by atoms with Crippen LogP contribution in [0.25, 0.3) is 0 Å². The first kappa shape index (κ1) is 12.7. The number of amides is 2. The summed E-state index contributed by atoms with van der Waals surface area (Å²) in [6.45, 7) is 0. The molecule has 0 radical (unpaired) electrons. The van der Waals surface area contributed by atoms with Crippen LogP contribution < -0.4 is 5.32 Å². The molecule has 1 aliphatic rings. The zero-order chi connectivity index (χ0) is 12.4. The molecule has 0 aliphatic carbocycles. The molecular weight excluding hydrogens is 330 g/mol. The lowest BCUT2D eigenvalue weighted by molar-refractivity contribution is -0.140. The quantitative estimate of drug-likeness (QED) is 0.861. The molecule has 92 valence electrons. The van der Waals surface area contributed by atoms with Crippen LogP contribution >= 0.6 is 39.0 Å². The minimum Gasteiger partial charge on any atom is -0.480 e. The lowest BCUT2D eigenvalue weighted by Gasteiger charge is -2.19. The van der Waals surface area contributed by atoms with Crippen molar-refractivity contribution in [2.24, 2.45) is 0 Å². The van der Waals surface area contributed by atoms with Gasteiger partial charge in [-0.15, -0.1) is 11.8 Å². The smallest absolute Gasteiger partial charge is 0.327 e. The highest BCUT2D eigenvalue weighted by Crippen LogP contribution is 2.25. The first-order valence-electron chi connectivity index (χ1n) is 4.57. The number of aromatic nitrogens is 1. The molecule has 17 heavy (non-hydrogen) atoms. The number of hydrogen-bond acceptors (Lipinski definition) is 5. The molecule has 1 fully saturated rings. The predicted molar refractivity (Wildman–Crippen MR) is 69.4 cm³/mol. The van der Waals surface area contributed by atoms with Crippen molar-refractivity contribution in [3.05, 3.63) is 9.98 Å². The van der Waals surface area contributed by atoms with Gasteiger partial charge in [-0.05, 0) is 15.9 Å². The molecule has 1 saturated heterocycles. The Morgan fingerprint density at radius 3 is 3.00 bits per heavy atom. The third-order valence-corrected chi connectivity index (χ3v) is 4.52. The van der Waals surface area contributed by atoms with Crippen molar-refractivity contribution in [2.45, 2.75) is 6.04 Å². The standard InChI is InChI=1S/C8H8BrN3O3S2/c9-5-1-10-7(17-5)11-8(15)12-3-16-2-4(12)6(13)14/h1,4H,2-3H2,(H,13,14)(H,10,11,15). The summed E-state index contributed by atoms with van der Waals surface area (Å²) in [7, 11) is 0. The number of carboxylic acid groups (broad SMARTS) is 1. The molecule has 0 saturated carbocycles. The van der Waals surface area contributed by atoms with Gasteiger partial charge in [0.15, 0.2) is 5.13 Å². The zero-order valence-electron chi connectivity index (χ0n) is 8.42. The molecule has 6 nitrogen and oxygen atoms in total. The van der Waals surface area contributed by atoms with E-state index in [2.05, 4.69) is 26.2 Å². The number of rotatable bonds is 2. The summed E-state index contributed by atoms with van der Waals surface area (Å²) in [5.74, 6) is -0.176. The van der Waals surface area contributed by atoms with Crippen molar-refractivity contribution >= 4 is 56.2 Å². The normalized spacial score (nSPS) is 19.4. The maximum atomic E-state index is 11.8. The number of halogens is 1. The minimum atomic E-state index is -0.981. The van der Waals surface area contributed by atoms with E-state index in [-0.39, 0.29) is 0 Å². The fraction of sp³-hybridized carbons (Fsp3) is 0.375. The average Bonchev–Trinajstić information content (AvgIpc) is 2.86. The largest absolute Gasteiger partial charge is 0.480 e. The maximum absolute atomic E-state index is 11.8. The number of hydrogen-bond donors (Lipinski definition) is 2. The van der Waals surface area contributed by atoms with Crippen molar-refractivity contribution in [3.63, 3.8) is 0 Å². The Labute approximate surface area is 114 Å². The minimum absolute atomic E-state index is 0.384. The van der Waals surface area contributed by atoms with Gasteiger partial charge >= 0.3 is 12.0 Å². The summed E-state index contributed by atoms with van der Waals surface area (Å²) >= 11 is 5.93.